The summed E-state index contributed by atoms with van der Waals surface area (Å²) in [6.45, 7) is 2.33. The van der Waals surface area contributed by atoms with E-state index in [4.69, 9.17) is 12.2 Å². The predicted molar refractivity (Wildman–Crippen MR) is 81.8 cm³/mol. The summed E-state index contributed by atoms with van der Waals surface area (Å²) < 4.78 is 0. The topological polar surface area (TPSA) is 24.1 Å². The number of hydrogen-bond acceptors (Lipinski definition) is 1. The second kappa shape index (κ2) is 6.74. The number of anilines is 1. The molecule has 2 rings (SSSR count). The highest BCUT2D eigenvalue weighted by Crippen LogP contribution is 2.23. The molecule has 1 fully saturated rings. The summed E-state index contributed by atoms with van der Waals surface area (Å²) in [5, 5.41) is 7.48. The SMILES string of the molecule is CC1CCCCCC1NC(=S)Nc1ccccc1. The maximum atomic E-state index is 5.39. The van der Waals surface area contributed by atoms with Gasteiger partial charge in [-0.2, -0.15) is 0 Å². The minimum absolute atomic E-state index is 0.524. The van der Waals surface area contributed by atoms with Gasteiger partial charge in [0.25, 0.3) is 0 Å². The monoisotopic (exact) mass is 262 g/mol. The Bertz CT molecular complexity index is 377. The second-order valence-corrected chi connectivity index (χ2v) is 5.59. The summed E-state index contributed by atoms with van der Waals surface area (Å²) in [4.78, 5) is 0. The fourth-order valence-electron chi connectivity index (χ4n) is 2.56. The highest BCUT2D eigenvalue weighted by Gasteiger charge is 2.20. The Kier molecular flexibility index (Phi) is 5.00. The van der Waals surface area contributed by atoms with Gasteiger partial charge in [-0.1, -0.05) is 44.4 Å². The lowest BCUT2D eigenvalue weighted by Crippen LogP contribution is -2.41. The zero-order chi connectivity index (χ0) is 12.8. The molecule has 2 N–H and O–H groups in total. The Morgan fingerprint density at radius 1 is 1.11 bits per heavy atom. The Labute approximate surface area is 115 Å². The van der Waals surface area contributed by atoms with Crippen LogP contribution in [0.25, 0.3) is 0 Å². The molecule has 1 aromatic rings. The summed E-state index contributed by atoms with van der Waals surface area (Å²) in [5.74, 6) is 0.711. The van der Waals surface area contributed by atoms with Crippen LogP contribution in [0.1, 0.15) is 39.0 Å². The largest absolute Gasteiger partial charge is 0.359 e. The van der Waals surface area contributed by atoms with Gasteiger partial charge in [0.15, 0.2) is 5.11 Å². The number of hydrogen-bond donors (Lipinski definition) is 2. The molecule has 0 spiro atoms. The third-order valence-electron chi connectivity index (χ3n) is 3.71. The van der Waals surface area contributed by atoms with Gasteiger partial charge in [-0.3, -0.25) is 0 Å². The van der Waals surface area contributed by atoms with E-state index < -0.39 is 0 Å². The van der Waals surface area contributed by atoms with Gasteiger partial charge in [-0.15, -0.1) is 0 Å². The van der Waals surface area contributed by atoms with E-state index in [2.05, 4.69) is 17.6 Å². The number of thiocarbonyl (C=S) groups is 1. The second-order valence-electron chi connectivity index (χ2n) is 5.19. The molecule has 0 amide bonds. The quantitative estimate of drug-likeness (QED) is 0.623. The predicted octanol–water partition coefficient (Wildman–Crippen LogP) is 3.94. The van der Waals surface area contributed by atoms with Crippen molar-refractivity contribution in [2.75, 3.05) is 5.32 Å². The maximum Gasteiger partial charge on any atom is 0.171 e. The van der Waals surface area contributed by atoms with Crippen molar-refractivity contribution in [2.45, 2.75) is 45.1 Å². The van der Waals surface area contributed by atoms with Gasteiger partial charge in [0, 0.05) is 11.7 Å². The van der Waals surface area contributed by atoms with Crippen molar-refractivity contribution in [1.29, 1.82) is 0 Å². The van der Waals surface area contributed by atoms with Crippen LogP contribution in [-0.2, 0) is 0 Å². The van der Waals surface area contributed by atoms with E-state index in [0.717, 1.165) is 10.8 Å². The molecule has 2 unspecified atom stereocenters. The van der Waals surface area contributed by atoms with Crippen LogP contribution in [-0.4, -0.2) is 11.2 Å². The van der Waals surface area contributed by atoms with Crippen LogP contribution in [0.5, 0.6) is 0 Å². The number of para-hydroxylation sites is 1. The van der Waals surface area contributed by atoms with Crippen molar-refractivity contribution in [1.82, 2.24) is 5.32 Å². The number of nitrogens with one attached hydrogen (secondary N) is 2. The highest BCUT2D eigenvalue weighted by atomic mass is 32.1. The molecule has 0 radical (unpaired) electrons. The molecule has 2 nitrogen and oxygen atoms in total. The molecule has 98 valence electrons. The standard InChI is InChI=1S/C15H22N2S/c1-12-8-4-2-7-11-14(12)17-15(18)16-13-9-5-3-6-10-13/h3,5-6,9-10,12,14H,2,4,7-8,11H2,1H3,(H2,16,17,18). The molecule has 1 aromatic carbocycles. The van der Waals surface area contributed by atoms with Crippen molar-refractivity contribution < 1.29 is 0 Å². The van der Waals surface area contributed by atoms with E-state index in [1.165, 1.54) is 32.1 Å². The number of benzene rings is 1. The van der Waals surface area contributed by atoms with Crippen LogP contribution >= 0.6 is 12.2 Å². The van der Waals surface area contributed by atoms with Crippen LogP contribution in [0.2, 0.25) is 0 Å². The third kappa shape index (κ3) is 3.98. The van der Waals surface area contributed by atoms with Gasteiger partial charge in [-0.25, -0.2) is 0 Å². The molecule has 1 aliphatic carbocycles. The minimum atomic E-state index is 0.524. The van der Waals surface area contributed by atoms with Gasteiger partial charge >= 0.3 is 0 Å². The van der Waals surface area contributed by atoms with Gasteiger partial charge in [0.2, 0.25) is 0 Å². The van der Waals surface area contributed by atoms with Gasteiger partial charge < -0.3 is 10.6 Å². The van der Waals surface area contributed by atoms with Gasteiger partial charge in [0.1, 0.15) is 0 Å². The lowest BCUT2D eigenvalue weighted by Gasteiger charge is -2.24. The Morgan fingerprint density at radius 3 is 2.61 bits per heavy atom. The average Bonchev–Trinajstić information content (AvgIpc) is 2.56. The zero-order valence-corrected chi connectivity index (χ0v) is 11.8. The van der Waals surface area contributed by atoms with Gasteiger partial charge in [-0.05, 0) is 43.1 Å². The fourth-order valence-corrected chi connectivity index (χ4v) is 2.83. The molecule has 0 bridgehead atoms. The summed E-state index contributed by atoms with van der Waals surface area (Å²) in [7, 11) is 0. The highest BCUT2D eigenvalue weighted by molar-refractivity contribution is 7.80. The van der Waals surface area contributed by atoms with Crippen LogP contribution in [0.15, 0.2) is 30.3 Å². The molecular weight excluding hydrogens is 240 g/mol. The zero-order valence-electron chi connectivity index (χ0n) is 11.0. The summed E-state index contributed by atoms with van der Waals surface area (Å²) >= 11 is 5.39. The van der Waals surface area contributed by atoms with E-state index in [9.17, 15) is 0 Å². The first-order chi connectivity index (χ1) is 8.75. The smallest absolute Gasteiger partial charge is 0.171 e. The molecule has 1 aliphatic rings. The molecule has 3 heteroatoms. The molecule has 0 saturated heterocycles. The van der Waals surface area contributed by atoms with E-state index in [-0.39, 0.29) is 0 Å². The third-order valence-corrected chi connectivity index (χ3v) is 3.93. The average molecular weight is 262 g/mol. The molecule has 0 aliphatic heterocycles. The van der Waals surface area contributed by atoms with Crippen molar-refractivity contribution in [3.05, 3.63) is 30.3 Å². The van der Waals surface area contributed by atoms with Crippen LogP contribution < -0.4 is 10.6 Å². The fraction of sp³-hybridized carbons (Fsp3) is 0.533. The minimum Gasteiger partial charge on any atom is -0.359 e. The molecular formula is C15H22N2S. The molecule has 1 saturated carbocycles. The van der Waals surface area contributed by atoms with E-state index in [0.29, 0.717) is 12.0 Å². The summed E-state index contributed by atoms with van der Waals surface area (Å²) in [6.07, 6.45) is 6.58. The first kappa shape index (κ1) is 13.3. The lowest BCUT2D eigenvalue weighted by atomic mass is 9.97. The molecule has 2 atom stereocenters. The Morgan fingerprint density at radius 2 is 1.83 bits per heavy atom. The molecule has 18 heavy (non-hydrogen) atoms. The molecule has 0 heterocycles. The first-order valence-electron chi connectivity index (χ1n) is 6.88. The van der Waals surface area contributed by atoms with E-state index in [1.54, 1.807) is 0 Å². The summed E-state index contributed by atoms with van der Waals surface area (Å²) in [5.41, 5.74) is 1.05. The Hall–Kier alpha value is -1.09. The van der Waals surface area contributed by atoms with Gasteiger partial charge in [0.05, 0.1) is 0 Å². The van der Waals surface area contributed by atoms with Crippen LogP contribution in [0.4, 0.5) is 5.69 Å². The van der Waals surface area contributed by atoms with Crippen molar-refractivity contribution in [3.8, 4) is 0 Å². The van der Waals surface area contributed by atoms with Crippen LogP contribution in [0.3, 0.4) is 0 Å². The van der Waals surface area contributed by atoms with Crippen molar-refractivity contribution in [3.63, 3.8) is 0 Å². The van der Waals surface area contributed by atoms with E-state index >= 15 is 0 Å². The van der Waals surface area contributed by atoms with E-state index in [1.807, 2.05) is 30.3 Å². The first-order valence-corrected chi connectivity index (χ1v) is 7.29. The lowest BCUT2D eigenvalue weighted by molar-refractivity contribution is 0.402. The van der Waals surface area contributed by atoms with Crippen LogP contribution in [0, 0.1) is 5.92 Å². The Balaban J connectivity index is 1.86. The number of rotatable bonds is 2. The molecule has 0 aromatic heterocycles. The normalized spacial score (nSPS) is 24.1. The summed E-state index contributed by atoms with van der Waals surface area (Å²) in [6, 6.07) is 10.6. The van der Waals surface area contributed by atoms with Crippen molar-refractivity contribution in [2.24, 2.45) is 5.92 Å². The van der Waals surface area contributed by atoms with Crippen molar-refractivity contribution >= 4 is 23.0 Å². The maximum absolute atomic E-state index is 5.39.